The molecule has 3 rings (SSSR count). The zero-order valence-electron chi connectivity index (χ0n) is 9.83. The zero-order chi connectivity index (χ0) is 13.4. The Labute approximate surface area is 108 Å². The van der Waals surface area contributed by atoms with Crippen LogP contribution in [-0.4, -0.2) is 10.2 Å². The highest BCUT2D eigenvalue weighted by Crippen LogP contribution is 2.36. The van der Waals surface area contributed by atoms with Gasteiger partial charge in [-0.1, -0.05) is 30.3 Å². The van der Waals surface area contributed by atoms with Gasteiger partial charge in [-0.05, 0) is 23.3 Å². The molecule has 0 aliphatic rings. The predicted octanol–water partition coefficient (Wildman–Crippen LogP) is 2.87. The molecule has 0 atom stereocenters. The van der Waals surface area contributed by atoms with Crippen molar-refractivity contribution in [1.29, 1.82) is 0 Å². The lowest BCUT2D eigenvalue weighted by Gasteiger charge is -2.07. The number of hydrogen-bond donors (Lipinski definition) is 2. The third kappa shape index (κ3) is 1.83. The Morgan fingerprint density at radius 1 is 0.947 bits per heavy atom. The molecule has 3 aromatic rings. The fourth-order valence-electron chi connectivity index (χ4n) is 2.06. The van der Waals surface area contributed by atoms with Gasteiger partial charge in [0.15, 0.2) is 11.3 Å². The molecule has 0 saturated carbocycles. The molecule has 4 nitrogen and oxygen atoms in total. The second-order valence-electron chi connectivity index (χ2n) is 4.16. The summed E-state index contributed by atoms with van der Waals surface area (Å²) in [5.74, 6) is -0.742. The Bertz CT molecular complexity index is 803. The minimum Gasteiger partial charge on any atom is -0.504 e. The average molecular weight is 254 g/mol. The molecular weight excluding hydrogens is 244 g/mol. The van der Waals surface area contributed by atoms with E-state index in [1.165, 1.54) is 12.1 Å². The van der Waals surface area contributed by atoms with E-state index in [1.54, 1.807) is 6.07 Å². The minimum atomic E-state index is -0.577. The molecule has 0 radical (unpaired) electrons. The molecule has 2 aromatic carbocycles. The SMILES string of the molecule is O=c1cc(-c2ccccc2)c2ccc(O)c(O)c2o1. The summed E-state index contributed by atoms with van der Waals surface area (Å²) in [6.07, 6.45) is 0. The number of aromatic hydroxyl groups is 2. The van der Waals surface area contributed by atoms with E-state index in [-0.39, 0.29) is 11.3 Å². The molecule has 4 heteroatoms. The summed E-state index contributed by atoms with van der Waals surface area (Å²) in [5, 5.41) is 19.8. The third-order valence-corrected chi connectivity index (χ3v) is 2.95. The van der Waals surface area contributed by atoms with Crippen molar-refractivity contribution in [2.24, 2.45) is 0 Å². The maximum atomic E-state index is 11.6. The summed E-state index contributed by atoms with van der Waals surface area (Å²) in [7, 11) is 0. The van der Waals surface area contributed by atoms with E-state index in [2.05, 4.69) is 0 Å². The van der Waals surface area contributed by atoms with E-state index in [9.17, 15) is 15.0 Å². The van der Waals surface area contributed by atoms with E-state index < -0.39 is 11.4 Å². The molecule has 0 amide bonds. The molecule has 0 saturated heterocycles. The van der Waals surface area contributed by atoms with Crippen molar-refractivity contribution in [1.82, 2.24) is 0 Å². The van der Waals surface area contributed by atoms with Crippen LogP contribution in [-0.2, 0) is 0 Å². The molecule has 1 aromatic heterocycles. The molecule has 1 heterocycles. The van der Waals surface area contributed by atoms with Gasteiger partial charge in [0.25, 0.3) is 0 Å². The summed E-state index contributed by atoms with van der Waals surface area (Å²) in [5.41, 5.74) is 0.909. The summed E-state index contributed by atoms with van der Waals surface area (Å²) in [6, 6.07) is 13.6. The van der Waals surface area contributed by atoms with Crippen molar-refractivity contribution in [2.45, 2.75) is 0 Å². The second-order valence-corrected chi connectivity index (χ2v) is 4.16. The number of phenolic OH excluding ortho intramolecular Hbond substituents is 2. The van der Waals surface area contributed by atoms with Gasteiger partial charge in [0.05, 0.1) is 0 Å². The summed E-state index contributed by atoms with van der Waals surface area (Å²) < 4.78 is 4.97. The Kier molecular flexibility index (Phi) is 2.49. The van der Waals surface area contributed by atoms with Crippen LogP contribution >= 0.6 is 0 Å². The van der Waals surface area contributed by atoms with E-state index in [4.69, 9.17) is 4.42 Å². The Morgan fingerprint density at radius 3 is 2.42 bits per heavy atom. The topological polar surface area (TPSA) is 70.7 Å². The van der Waals surface area contributed by atoms with Gasteiger partial charge in [-0.3, -0.25) is 0 Å². The van der Waals surface area contributed by atoms with Gasteiger partial charge in [0.1, 0.15) is 0 Å². The highest BCUT2D eigenvalue weighted by molar-refractivity contribution is 5.96. The molecule has 0 spiro atoms. The normalized spacial score (nSPS) is 10.7. The lowest BCUT2D eigenvalue weighted by Crippen LogP contribution is -1.98. The zero-order valence-corrected chi connectivity index (χ0v) is 9.83. The van der Waals surface area contributed by atoms with Crippen molar-refractivity contribution in [2.75, 3.05) is 0 Å². The monoisotopic (exact) mass is 254 g/mol. The van der Waals surface area contributed by atoms with Gasteiger partial charge in [-0.2, -0.15) is 0 Å². The summed E-state index contributed by atoms with van der Waals surface area (Å²) in [6.45, 7) is 0. The molecule has 94 valence electrons. The Morgan fingerprint density at radius 2 is 1.68 bits per heavy atom. The van der Waals surface area contributed by atoms with Crippen LogP contribution in [0.3, 0.4) is 0 Å². The summed E-state index contributed by atoms with van der Waals surface area (Å²) in [4.78, 5) is 11.6. The van der Waals surface area contributed by atoms with Crippen LogP contribution in [0.25, 0.3) is 22.1 Å². The maximum absolute atomic E-state index is 11.6. The molecule has 0 fully saturated rings. The lowest BCUT2D eigenvalue weighted by molar-refractivity contribution is 0.397. The first kappa shape index (κ1) is 11.3. The van der Waals surface area contributed by atoms with Crippen LogP contribution < -0.4 is 5.63 Å². The van der Waals surface area contributed by atoms with Crippen LogP contribution in [0.15, 0.2) is 57.7 Å². The molecule has 0 aliphatic heterocycles. The van der Waals surface area contributed by atoms with Crippen LogP contribution in [0.4, 0.5) is 0 Å². The van der Waals surface area contributed by atoms with Gasteiger partial charge >= 0.3 is 5.63 Å². The smallest absolute Gasteiger partial charge is 0.336 e. The quantitative estimate of drug-likeness (QED) is 0.517. The highest BCUT2D eigenvalue weighted by Gasteiger charge is 2.13. The fourth-order valence-corrected chi connectivity index (χ4v) is 2.06. The van der Waals surface area contributed by atoms with Crippen molar-refractivity contribution in [3.05, 3.63) is 59.0 Å². The Hall–Kier alpha value is -2.75. The first-order valence-corrected chi connectivity index (χ1v) is 5.71. The van der Waals surface area contributed by atoms with Crippen LogP contribution in [0.2, 0.25) is 0 Å². The van der Waals surface area contributed by atoms with Crippen molar-refractivity contribution in [3.63, 3.8) is 0 Å². The molecule has 19 heavy (non-hydrogen) atoms. The molecular formula is C15H10O4. The molecule has 0 aliphatic carbocycles. The van der Waals surface area contributed by atoms with Gasteiger partial charge < -0.3 is 14.6 Å². The van der Waals surface area contributed by atoms with Gasteiger partial charge in [-0.15, -0.1) is 0 Å². The maximum Gasteiger partial charge on any atom is 0.336 e. The molecule has 0 unspecified atom stereocenters. The number of phenols is 2. The summed E-state index contributed by atoms with van der Waals surface area (Å²) >= 11 is 0. The lowest BCUT2D eigenvalue weighted by atomic mass is 10.0. The van der Waals surface area contributed by atoms with E-state index >= 15 is 0 Å². The Balaban J connectivity index is 2.44. The van der Waals surface area contributed by atoms with Gasteiger partial charge in [0.2, 0.25) is 5.75 Å². The van der Waals surface area contributed by atoms with Gasteiger partial charge in [0, 0.05) is 11.5 Å². The van der Waals surface area contributed by atoms with Crippen molar-refractivity contribution < 1.29 is 14.6 Å². The molecule has 0 bridgehead atoms. The van der Waals surface area contributed by atoms with E-state index in [0.29, 0.717) is 10.9 Å². The highest BCUT2D eigenvalue weighted by atomic mass is 16.4. The third-order valence-electron chi connectivity index (χ3n) is 2.95. The minimum absolute atomic E-state index is 0.00801. The largest absolute Gasteiger partial charge is 0.504 e. The number of fused-ring (bicyclic) bond motifs is 1. The standard InChI is InChI=1S/C15H10O4/c16-12-7-6-10-11(9-4-2-1-3-5-9)8-13(17)19-15(10)14(12)18/h1-8,16,18H. The van der Waals surface area contributed by atoms with Crippen LogP contribution in [0, 0.1) is 0 Å². The number of benzene rings is 2. The fraction of sp³-hybridized carbons (Fsp3) is 0. The van der Waals surface area contributed by atoms with Crippen LogP contribution in [0.5, 0.6) is 11.5 Å². The van der Waals surface area contributed by atoms with Crippen LogP contribution in [0.1, 0.15) is 0 Å². The molecule has 2 N–H and O–H groups in total. The van der Waals surface area contributed by atoms with E-state index in [0.717, 1.165) is 5.56 Å². The van der Waals surface area contributed by atoms with Crippen molar-refractivity contribution in [3.8, 4) is 22.6 Å². The number of rotatable bonds is 1. The first-order chi connectivity index (χ1) is 9.16. The first-order valence-electron chi connectivity index (χ1n) is 5.71. The van der Waals surface area contributed by atoms with Crippen molar-refractivity contribution >= 4 is 11.0 Å². The van der Waals surface area contributed by atoms with E-state index in [1.807, 2.05) is 30.3 Å². The number of hydrogen-bond acceptors (Lipinski definition) is 4. The average Bonchev–Trinajstić information content (AvgIpc) is 2.44. The van der Waals surface area contributed by atoms with Gasteiger partial charge in [-0.25, -0.2) is 4.79 Å². The predicted molar refractivity (Wildman–Crippen MR) is 71.2 cm³/mol. The second kappa shape index (κ2) is 4.17.